The van der Waals surface area contributed by atoms with Gasteiger partial charge in [0.15, 0.2) is 0 Å². The van der Waals surface area contributed by atoms with E-state index in [-0.39, 0.29) is 0 Å². The lowest BCUT2D eigenvalue weighted by atomic mass is 10.1. The average Bonchev–Trinajstić information content (AvgIpc) is 2.84. The molecule has 1 aromatic heterocycles. The van der Waals surface area contributed by atoms with Crippen LogP contribution in [0, 0.1) is 0 Å². The summed E-state index contributed by atoms with van der Waals surface area (Å²) < 4.78 is 2.49. The van der Waals surface area contributed by atoms with Gasteiger partial charge in [0.1, 0.15) is 0 Å². The van der Waals surface area contributed by atoms with Crippen LogP contribution >= 0.6 is 0 Å². The quantitative estimate of drug-likeness (QED) is 0.701. The lowest BCUT2D eigenvalue weighted by Gasteiger charge is -2.05. The molecule has 0 fully saturated rings. The van der Waals surface area contributed by atoms with Crippen LogP contribution in [0.15, 0.2) is 12.6 Å². The van der Waals surface area contributed by atoms with Crippen LogP contribution in [0.25, 0.3) is 6.08 Å². The van der Waals surface area contributed by atoms with Gasteiger partial charge >= 0.3 is 0 Å². The first-order valence-electron chi connectivity index (χ1n) is 6.20. The van der Waals surface area contributed by atoms with Crippen LogP contribution in [0.3, 0.4) is 0 Å². The van der Waals surface area contributed by atoms with Crippen LogP contribution in [-0.2, 0) is 19.4 Å². The van der Waals surface area contributed by atoms with Gasteiger partial charge in [-0.25, -0.2) is 0 Å². The van der Waals surface area contributed by atoms with Crippen LogP contribution in [0.1, 0.15) is 50.6 Å². The Morgan fingerprint density at radius 1 is 1.47 bits per heavy atom. The molecule has 1 aromatic rings. The van der Waals surface area contributed by atoms with E-state index in [4.69, 9.17) is 0 Å². The lowest BCUT2D eigenvalue weighted by Crippen LogP contribution is -2.00. The van der Waals surface area contributed by atoms with Gasteiger partial charge in [-0.1, -0.05) is 39.8 Å². The van der Waals surface area contributed by atoms with Gasteiger partial charge < -0.3 is 4.57 Å². The third-order valence-corrected chi connectivity index (χ3v) is 2.85. The Morgan fingerprint density at radius 3 is 2.80 bits per heavy atom. The number of hydrogen-bond acceptors (Lipinski definition) is 0. The minimum atomic E-state index is 1.20. The van der Waals surface area contributed by atoms with Crippen LogP contribution in [0.2, 0.25) is 0 Å². The van der Waals surface area contributed by atoms with Gasteiger partial charge in [0.2, 0.25) is 0 Å². The van der Waals surface area contributed by atoms with Crippen molar-refractivity contribution < 1.29 is 0 Å². The SMILES string of the molecule is C=Cc1cc2n(c1CCC)CCC2.CC. The molecule has 1 heteroatoms. The number of aryl methyl sites for hydroxylation is 1. The van der Waals surface area contributed by atoms with Crippen LogP contribution < -0.4 is 0 Å². The number of nitrogens with zero attached hydrogens (tertiary/aromatic N) is 1. The van der Waals surface area contributed by atoms with E-state index in [2.05, 4.69) is 24.1 Å². The molecule has 84 valence electrons. The highest BCUT2D eigenvalue weighted by Crippen LogP contribution is 2.25. The van der Waals surface area contributed by atoms with Gasteiger partial charge in [0.25, 0.3) is 0 Å². The first-order chi connectivity index (χ1) is 7.36. The number of fused-ring (bicyclic) bond motifs is 1. The van der Waals surface area contributed by atoms with Gasteiger partial charge in [-0.15, -0.1) is 0 Å². The Balaban J connectivity index is 0.000000531. The van der Waals surface area contributed by atoms with Gasteiger partial charge in [-0.2, -0.15) is 0 Å². The highest BCUT2D eigenvalue weighted by atomic mass is 15.0. The van der Waals surface area contributed by atoms with Crippen molar-refractivity contribution in [3.05, 3.63) is 29.6 Å². The summed E-state index contributed by atoms with van der Waals surface area (Å²) in [4.78, 5) is 0. The van der Waals surface area contributed by atoms with E-state index in [1.807, 2.05) is 19.9 Å². The number of rotatable bonds is 3. The maximum Gasteiger partial charge on any atom is 0.0249 e. The zero-order valence-electron chi connectivity index (χ0n) is 10.3. The maximum atomic E-state index is 3.87. The second kappa shape index (κ2) is 5.79. The molecule has 15 heavy (non-hydrogen) atoms. The van der Waals surface area contributed by atoms with Crippen molar-refractivity contribution in [3.8, 4) is 0 Å². The summed E-state index contributed by atoms with van der Waals surface area (Å²) in [5, 5.41) is 0. The molecule has 0 N–H and O–H groups in total. The molecule has 1 nitrogen and oxygen atoms in total. The summed E-state index contributed by atoms with van der Waals surface area (Å²) in [6.07, 6.45) is 7.00. The zero-order valence-corrected chi connectivity index (χ0v) is 10.3. The van der Waals surface area contributed by atoms with Crippen molar-refractivity contribution in [2.45, 2.75) is 53.0 Å². The predicted molar refractivity (Wildman–Crippen MR) is 68.2 cm³/mol. The van der Waals surface area contributed by atoms with E-state index in [9.17, 15) is 0 Å². The van der Waals surface area contributed by atoms with E-state index in [1.54, 1.807) is 0 Å². The summed E-state index contributed by atoms with van der Waals surface area (Å²) in [7, 11) is 0. The molecule has 0 amide bonds. The third kappa shape index (κ3) is 2.34. The Bertz CT molecular complexity index is 320. The van der Waals surface area contributed by atoms with E-state index in [1.165, 1.54) is 49.2 Å². The fourth-order valence-corrected chi connectivity index (χ4v) is 2.27. The fourth-order valence-electron chi connectivity index (χ4n) is 2.27. The molecule has 0 radical (unpaired) electrons. The van der Waals surface area contributed by atoms with Crippen molar-refractivity contribution in [2.24, 2.45) is 0 Å². The Labute approximate surface area is 93.8 Å². The molecule has 2 heterocycles. The number of aromatic nitrogens is 1. The highest BCUT2D eigenvalue weighted by Gasteiger charge is 2.16. The van der Waals surface area contributed by atoms with Crippen molar-refractivity contribution >= 4 is 6.08 Å². The van der Waals surface area contributed by atoms with Gasteiger partial charge in [0.05, 0.1) is 0 Å². The molecule has 2 rings (SSSR count). The summed E-state index contributed by atoms with van der Waals surface area (Å²) >= 11 is 0. The van der Waals surface area contributed by atoms with Gasteiger partial charge in [0, 0.05) is 17.9 Å². The largest absolute Gasteiger partial charge is 0.348 e. The summed E-state index contributed by atoms with van der Waals surface area (Å²) in [5.74, 6) is 0. The molecule has 0 saturated carbocycles. The van der Waals surface area contributed by atoms with Gasteiger partial charge in [-0.3, -0.25) is 0 Å². The zero-order chi connectivity index (χ0) is 11.3. The minimum Gasteiger partial charge on any atom is -0.348 e. The molecule has 0 atom stereocenters. The first kappa shape index (κ1) is 12.1. The molecule has 1 aliphatic heterocycles. The molecule has 0 saturated heterocycles. The number of hydrogen-bond donors (Lipinski definition) is 0. The molecule has 0 spiro atoms. The maximum absolute atomic E-state index is 3.87. The fraction of sp³-hybridized carbons (Fsp3) is 0.571. The lowest BCUT2D eigenvalue weighted by molar-refractivity contribution is 0.694. The molecule has 0 unspecified atom stereocenters. The smallest absolute Gasteiger partial charge is 0.0249 e. The van der Waals surface area contributed by atoms with Crippen LogP contribution in [0.5, 0.6) is 0 Å². The average molecular weight is 205 g/mol. The van der Waals surface area contributed by atoms with Gasteiger partial charge in [-0.05, 0) is 30.9 Å². The second-order valence-electron chi connectivity index (χ2n) is 3.75. The first-order valence-corrected chi connectivity index (χ1v) is 6.20. The summed E-state index contributed by atoms with van der Waals surface area (Å²) in [5.41, 5.74) is 4.37. The summed E-state index contributed by atoms with van der Waals surface area (Å²) in [6, 6.07) is 2.31. The predicted octanol–water partition coefficient (Wildman–Crippen LogP) is 4.06. The summed E-state index contributed by atoms with van der Waals surface area (Å²) in [6.45, 7) is 11.3. The van der Waals surface area contributed by atoms with Crippen molar-refractivity contribution in [2.75, 3.05) is 0 Å². The molecular weight excluding hydrogens is 182 g/mol. The molecule has 0 aliphatic carbocycles. The van der Waals surface area contributed by atoms with Crippen molar-refractivity contribution in [1.82, 2.24) is 4.57 Å². The Hall–Kier alpha value is -0.980. The Morgan fingerprint density at radius 2 is 2.20 bits per heavy atom. The van der Waals surface area contributed by atoms with E-state index in [0.29, 0.717) is 0 Å². The van der Waals surface area contributed by atoms with Crippen molar-refractivity contribution in [1.29, 1.82) is 0 Å². The molecular formula is C14H23N. The highest BCUT2D eigenvalue weighted by molar-refractivity contribution is 5.52. The van der Waals surface area contributed by atoms with Crippen LogP contribution in [0.4, 0.5) is 0 Å². The molecule has 0 bridgehead atoms. The standard InChI is InChI=1S/C12H17N.C2H6/c1-3-6-12-10(4-2)9-11-7-5-8-13(11)12;1-2/h4,9H,2-3,5-8H2,1H3;1-2H3. The molecule has 1 aliphatic rings. The van der Waals surface area contributed by atoms with E-state index in [0.717, 1.165) is 0 Å². The molecule has 0 aromatic carbocycles. The van der Waals surface area contributed by atoms with Crippen molar-refractivity contribution in [3.63, 3.8) is 0 Å². The van der Waals surface area contributed by atoms with E-state index >= 15 is 0 Å². The topological polar surface area (TPSA) is 4.93 Å². The monoisotopic (exact) mass is 205 g/mol. The van der Waals surface area contributed by atoms with E-state index < -0.39 is 0 Å². The van der Waals surface area contributed by atoms with Crippen LogP contribution in [-0.4, -0.2) is 4.57 Å². The second-order valence-corrected chi connectivity index (χ2v) is 3.75. The minimum absolute atomic E-state index is 1.20. The third-order valence-electron chi connectivity index (χ3n) is 2.85. The Kier molecular flexibility index (Phi) is 4.67. The normalized spacial score (nSPS) is 13.0.